The molecule has 0 saturated carbocycles. The topological polar surface area (TPSA) is 4.93 Å². The molecule has 0 aliphatic heterocycles. The molecule has 0 saturated heterocycles. The molecule has 0 radical (unpaired) electrons. The van der Waals surface area contributed by atoms with Gasteiger partial charge in [0.1, 0.15) is 0 Å². The molecule has 3 rings (SSSR count). The van der Waals surface area contributed by atoms with Crippen molar-refractivity contribution in [3.05, 3.63) is 60.2 Å². The standard InChI is InChI=1S/C26H35N/c1-3-5-7-12-19-24-23-18-13-14-20-25(23)27(21-15-8-6-4-2)26(24)22-16-10-9-11-17-22/h9-11,13-14,16-18,20H,3-8,12,15,19,21H2,1-2H3. The molecule has 2 aromatic carbocycles. The SMILES string of the molecule is CCCCCCc1c(-c2ccccc2)n(CCCCCC)c2ccccc12. The van der Waals surface area contributed by atoms with Gasteiger partial charge in [0.2, 0.25) is 0 Å². The number of hydrogen-bond donors (Lipinski definition) is 0. The van der Waals surface area contributed by atoms with Gasteiger partial charge in [0, 0.05) is 17.4 Å². The first-order chi connectivity index (χ1) is 13.4. The van der Waals surface area contributed by atoms with Gasteiger partial charge >= 0.3 is 0 Å². The van der Waals surface area contributed by atoms with Gasteiger partial charge in [-0.1, -0.05) is 101 Å². The van der Waals surface area contributed by atoms with Crippen molar-refractivity contribution in [2.75, 3.05) is 0 Å². The molecule has 3 aromatic rings. The van der Waals surface area contributed by atoms with E-state index < -0.39 is 0 Å². The van der Waals surface area contributed by atoms with E-state index in [1.54, 1.807) is 5.56 Å². The lowest BCUT2D eigenvalue weighted by Crippen LogP contribution is -2.02. The zero-order valence-electron chi connectivity index (χ0n) is 17.2. The molecule has 1 heterocycles. The first-order valence-electron chi connectivity index (χ1n) is 11.0. The second-order valence-electron chi connectivity index (χ2n) is 7.73. The fraction of sp³-hybridized carbons (Fsp3) is 0.462. The highest BCUT2D eigenvalue weighted by Gasteiger charge is 2.17. The van der Waals surface area contributed by atoms with Crippen LogP contribution in [0.5, 0.6) is 0 Å². The molecule has 0 aliphatic carbocycles. The summed E-state index contributed by atoms with van der Waals surface area (Å²) in [5.74, 6) is 0. The average Bonchev–Trinajstić information content (AvgIpc) is 3.03. The van der Waals surface area contributed by atoms with Crippen LogP contribution in [0.2, 0.25) is 0 Å². The van der Waals surface area contributed by atoms with Gasteiger partial charge in [0.25, 0.3) is 0 Å². The molecule has 0 atom stereocenters. The summed E-state index contributed by atoms with van der Waals surface area (Å²) in [5, 5.41) is 1.46. The molecule has 0 unspecified atom stereocenters. The molecule has 0 bridgehead atoms. The molecule has 27 heavy (non-hydrogen) atoms. The molecule has 1 aromatic heterocycles. The fourth-order valence-electron chi connectivity index (χ4n) is 4.21. The molecule has 0 N–H and O–H groups in total. The highest BCUT2D eigenvalue weighted by atomic mass is 15.0. The second kappa shape index (κ2) is 10.3. The number of fused-ring (bicyclic) bond motifs is 1. The van der Waals surface area contributed by atoms with Gasteiger partial charge in [-0.15, -0.1) is 0 Å². The molecular formula is C26H35N. The maximum absolute atomic E-state index is 2.61. The first-order valence-corrected chi connectivity index (χ1v) is 11.0. The molecule has 144 valence electrons. The molecule has 1 nitrogen and oxygen atoms in total. The summed E-state index contributed by atoms with van der Waals surface area (Å²) >= 11 is 0. The molecular weight excluding hydrogens is 326 g/mol. The summed E-state index contributed by atoms with van der Waals surface area (Å²) in [6, 6.07) is 20.1. The Bertz CT molecular complexity index is 764. The highest BCUT2D eigenvalue weighted by molar-refractivity contribution is 5.92. The zero-order valence-corrected chi connectivity index (χ0v) is 17.2. The second-order valence-corrected chi connectivity index (χ2v) is 7.73. The lowest BCUT2D eigenvalue weighted by molar-refractivity contribution is 0.595. The van der Waals surface area contributed by atoms with E-state index in [1.807, 2.05) is 0 Å². The van der Waals surface area contributed by atoms with Crippen LogP contribution in [-0.2, 0) is 13.0 Å². The number of unbranched alkanes of at least 4 members (excludes halogenated alkanes) is 6. The van der Waals surface area contributed by atoms with Crippen LogP contribution >= 0.6 is 0 Å². The van der Waals surface area contributed by atoms with Gasteiger partial charge in [-0.3, -0.25) is 0 Å². The van der Waals surface area contributed by atoms with Gasteiger partial charge in [-0.2, -0.15) is 0 Å². The van der Waals surface area contributed by atoms with Gasteiger partial charge in [0.05, 0.1) is 5.69 Å². The predicted octanol–water partition coefficient (Wildman–Crippen LogP) is 8.01. The van der Waals surface area contributed by atoms with Crippen molar-refractivity contribution >= 4 is 10.9 Å². The maximum atomic E-state index is 2.61. The predicted molar refractivity (Wildman–Crippen MR) is 119 cm³/mol. The van der Waals surface area contributed by atoms with Crippen LogP contribution in [0.4, 0.5) is 0 Å². The third-order valence-corrected chi connectivity index (χ3v) is 5.64. The van der Waals surface area contributed by atoms with Gasteiger partial charge < -0.3 is 4.57 Å². The van der Waals surface area contributed by atoms with Crippen LogP contribution in [0, 0.1) is 0 Å². The van der Waals surface area contributed by atoms with E-state index in [9.17, 15) is 0 Å². The molecule has 0 amide bonds. The van der Waals surface area contributed by atoms with Crippen molar-refractivity contribution < 1.29 is 0 Å². The van der Waals surface area contributed by atoms with Crippen LogP contribution in [0.25, 0.3) is 22.2 Å². The Morgan fingerprint density at radius 2 is 1.33 bits per heavy atom. The highest BCUT2D eigenvalue weighted by Crippen LogP contribution is 2.35. The van der Waals surface area contributed by atoms with Crippen molar-refractivity contribution in [2.24, 2.45) is 0 Å². The van der Waals surface area contributed by atoms with Crippen molar-refractivity contribution in [1.82, 2.24) is 4.57 Å². The van der Waals surface area contributed by atoms with Crippen molar-refractivity contribution in [3.63, 3.8) is 0 Å². The van der Waals surface area contributed by atoms with Crippen molar-refractivity contribution in [2.45, 2.75) is 78.2 Å². The van der Waals surface area contributed by atoms with Crippen LogP contribution in [0.15, 0.2) is 54.6 Å². The maximum Gasteiger partial charge on any atom is 0.0523 e. The number of aromatic nitrogens is 1. The van der Waals surface area contributed by atoms with E-state index in [1.165, 1.54) is 79.9 Å². The fourth-order valence-corrected chi connectivity index (χ4v) is 4.21. The normalized spacial score (nSPS) is 11.3. The zero-order chi connectivity index (χ0) is 18.9. The van der Waals surface area contributed by atoms with E-state index in [-0.39, 0.29) is 0 Å². The Labute approximate surface area is 165 Å². The number of hydrogen-bond acceptors (Lipinski definition) is 0. The van der Waals surface area contributed by atoms with E-state index in [2.05, 4.69) is 73.0 Å². The smallest absolute Gasteiger partial charge is 0.0523 e. The molecule has 1 heteroatoms. The summed E-state index contributed by atoms with van der Waals surface area (Å²) < 4.78 is 2.61. The Morgan fingerprint density at radius 1 is 0.667 bits per heavy atom. The quantitative estimate of drug-likeness (QED) is 0.305. The van der Waals surface area contributed by atoms with E-state index in [4.69, 9.17) is 0 Å². The van der Waals surface area contributed by atoms with Gasteiger partial charge in [0.15, 0.2) is 0 Å². The largest absolute Gasteiger partial charge is 0.340 e. The van der Waals surface area contributed by atoms with E-state index >= 15 is 0 Å². The number of aryl methyl sites for hydroxylation is 2. The average molecular weight is 362 g/mol. The Hall–Kier alpha value is -2.02. The molecule has 0 spiro atoms. The summed E-state index contributed by atoms with van der Waals surface area (Å²) in [4.78, 5) is 0. The minimum atomic E-state index is 1.12. The van der Waals surface area contributed by atoms with Crippen molar-refractivity contribution in [3.8, 4) is 11.3 Å². The van der Waals surface area contributed by atoms with Crippen molar-refractivity contribution in [1.29, 1.82) is 0 Å². The summed E-state index contributed by atoms with van der Waals surface area (Å²) in [5.41, 5.74) is 5.81. The molecule has 0 aliphatic rings. The monoisotopic (exact) mass is 361 g/mol. The Kier molecular flexibility index (Phi) is 7.56. The summed E-state index contributed by atoms with van der Waals surface area (Å²) in [6.07, 6.45) is 11.7. The van der Waals surface area contributed by atoms with Gasteiger partial charge in [-0.05, 0) is 36.5 Å². The van der Waals surface area contributed by atoms with E-state index in [0.29, 0.717) is 0 Å². The number of para-hydroxylation sites is 1. The number of rotatable bonds is 11. The van der Waals surface area contributed by atoms with Crippen LogP contribution in [0.3, 0.4) is 0 Å². The number of nitrogens with zero attached hydrogens (tertiary/aromatic N) is 1. The summed E-state index contributed by atoms with van der Waals surface area (Å²) in [7, 11) is 0. The third-order valence-electron chi connectivity index (χ3n) is 5.64. The molecule has 0 fully saturated rings. The minimum Gasteiger partial charge on any atom is -0.340 e. The van der Waals surface area contributed by atoms with Crippen LogP contribution < -0.4 is 0 Å². The van der Waals surface area contributed by atoms with Crippen LogP contribution in [0.1, 0.15) is 70.8 Å². The van der Waals surface area contributed by atoms with Gasteiger partial charge in [-0.25, -0.2) is 0 Å². The lowest BCUT2D eigenvalue weighted by Gasteiger charge is -2.13. The first kappa shape index (κ1) is 19.7. The number of benzene rings is 2. The third kappa shape index (κ3) is 4.83. The summed E-state index contributed by atoms with van der Waals surface area (Å²) in [6.45, 7) is 5.70. The Balaban J connectivity index is 2.01. The lowest BCUT2D eigenvalue weighted by atomic mass is 9.99. The van der Waals surface area contributed by atoms with E-state index in [0.717, 1.165) is 6.54 Å². The minimum absolute atomic E-state index is 1.12. The van der Waals surface area contributed by atoms with Crippen LogP contribution in [-0.4, -0.2) is 4.57 Å². The Morgan fingerprint density at radius 3 is 2.07 bits per heavy atom.